The third-order valence-electron chi connectivity index (χ3n) is 3.03. The van der Waals surface area contributed by atoms with E-state index in [1.54, 1.807) is 0 Å². The number of hydrogen-bond acceptors (Lipinski definition) is 3. The van der Waals surface area contributed by atoms with Crippen LogP contribution in [0.2, 0.25) is 0 Å². The van der Waals surface area contributed by atoms with Crippen LogP contribution in [-0.4, -0.2) is 18.5 Å². The van der Waals surface area contributed by atoms with E-state index in [1.807, 2.05) is 30.3 Å². The van der Waals surface area contributed by atoms with Gasteiger partial charge in [-0.15, -0.1) is 0 Å². The van der Waals surface area contributed by atoms with E-state index < -0.39 is 30.1 Å². The molecule has 0 saturated heterocycles. The number of halogens is 2. The fraction of sp³-hybridized carbons (Fsp3) is 0.176. The lowest BCUT2D eigenvalue weighted by molar-refractivity contribution is -0.147. The second-order valence-electron chi connectivity index (χ2n) is 4.82. The van der Waals surface area contributed by atoms with E-state index >= 15 is 0 Å². The number of carbonyl (C=O) groups excluding carboxylic acids is 2. The molecular formula is C17H15F2NO3. The summed E-state index contributed by atoms with van der Waals surface area (Å²) < 4.78 is 30.6. The molecule has 4 nitrogen and oxygen atoms in total. The van der Waals surface area contributed by atoms with Gasteiger partial charge in [-0.25, -0.2) is 8.78 Å². The van der Waals surface area contributed by atoms with Crippen molar-refractivity contribution in [3.05, 3.63) is 65.7 Å². The molecule has 0 aromatic heterocycles. The van der Waals surface area contributed by atoms with Gasteiger partial charge < -0.3 is 10.1 Å². The maximum absolute atomic E-state index is 13.0. The predicted molar refractivity (Wildman–Crippen MR) is 80.7 cm³/mol. The van der Waals surface area contributed by atoms with Crippen LogP contribution in [0.3, 0.4) is 0 Å². The van der Waals surface area contributed by atoms with Gasteiger partial charge in [-0.2, -0.15) is 0 Å². The number of aryl methyl sites for hydroxylation is 1. The summed E-state index contributed by atoms with van der Waals surface area (Å²) in [6.07, 6.45) is 0.674. The van der Waals surface area contributed by atoms with E-state index in [-0.39, 0.29) is 12.1 Å². The van der Waals surface area contributed by atoms with Gasteiger partial charge in [-0.3, -0.25) is 9.59 Å². The molecule has 1 N–H and O–H groups in total. The van der Waals surface area contributed by atoms with Gasteiger partial charge in [-0.05, 0) is 24.1 Å². The van der Waals surface area contributed by atoms with Crippen molar-refractivity contribution in [3.8, 4) is 0 Å². The molecule has 0 saturated carbocycles. The van der Waals surface area contributed by atoms with E-state index in [9.17, 15) is 18.4 Å². The molecule has 0 aliphatic heterocycles. The van der Waals surface area contributed by atoms with E-state index in [0.717, 1.165) is 17.7 Å². The summed E-state index contributed by atoms with van der Waals surface area (Å²) in [7, 11) is 0. The van der Waals surface area contributed by atoms with Crippen molar-refractivity contribution in [2.75, 3.05) is 11.9 Å². The molecule has 1 amide bonds. The Morgan fingerprint density at radius 2 is 1.74 bits per heavy atom. The summed E-state index contributed by atoms with van der Waals surface area (Å²) in [5.74, 6) is -3.20. The normalized spacial score (nSPS) is 10.2. The summed E-state index contributed by atoms with van der Waals surface area (Å²) in [5.41, 5.74) is 1.09. The first kappa shape index (κ1) is 16.6. The van der Waals surface area contributed by atoms with Gasteiger partial charge in [-0.1, -0.05) is 30.3 Å². The Morgan fingerprint density at radius 1 is 1.00 bits per heavy atom. The predicted octanol–water partition coefficient (Wildman–Crippen LogP) is 3.08. The fourth-order valence-electron chi connectivity index (χ4n) is 1.88. The first-order valence-electron chi connectivity index (χ1n) is 6.99. The van der Waals surface area contributed by atoms with Crippen molar-refractivity contribution >= 4 is 17.6 Å². The maximum Gasteiger partial charge on any atom is 0.306 e. The molecule has 0 spiro atoms. The summed E-state index contributed by atoms with van der Waals surface area (Å²) in [6.45, 7) is -0.480. The zero-order valence-corrected chi connectivity index (χ0v) is 12.2. The molecule has 6 heteroatoms. The number of ether oxygens (including phenoxy) is 1. The Labute approximate surface area is 132 Å². The SMILES string of the molecule is O=C(COC(=O)CCc1ccccc1)Nc1ccc(F)c(F)c1. The van der Waals surface area contributed by atoms with Crippen LogP contribution in [0.5, 0.6) is 0 Å². The van der Waals surface area contributed by atoms with Crippen LogP contribution in [0.25, 0.3) is 0 Å². The van der Waals surface area contributed by atoms with Crippen LogP contribution in [0.15, 0.2) is 48.5 Å². The van der Waals surface area contributed by atoms with E-state index in [1.165, 1.54) is 6.07 Å². The molecule has 120 valence electrons. The summed E-state index contributed by atoms with van der Waals surface area (Å²) in [4.78, 5) is 23.1. The minimum absolute atomic E-state index is 0.0919. The lowest BCUT2D eigenvalue weighted by Gasteiger charge is -2.07. The lowest BCUT2D eigenvalue weighted by Crippen LogP contribution is -2.21. The highest BCUT2D eigenvalue weighted by atomic mass is 19.2. The van der Waals surface area contributed by atoms with Crippen molar-refractivity contribution in [1.29, 1.82) is 0 Å². The van der Waals surface area contributed by atoms with Gasteiger partial charge in [0.05, 0.1) is 0 Å². The van der Waals surface area contributed by atoms with Gasteiger partial charge in [0.1, 0.15) is 0 Å². The number of amides is 1. The van der Waals surface area contributed by atoms with Crippen molar-refractivity contribution < 1.29 is 23.1 Å². The average molecular weight is 319 g/mol. The first-order valence-corrected chi connectivity index (χ1v) is 6.99. The quantitative estimate of drug-likeness (QED) is 0.833. The molecule has 2 aromatic rings. The molecule has 0 unspecified atom stereocenters. The highest BCUT2D eigenvalue weighted by molar-refractivity contribution is 5.92. The van der Waals surface area contributed by atoms with Gasteiger partial charge in [0, 0.05) is 18.2 Å². The van der Waals surface area contributed by atoms with Crippen molar-refractivity contribution in [2.24, 2.45) is 0 Å². The molecular weight excluding hydrogens is 304 g/mol. The van der Waals surface area contributed by atoms with Crippen molar-refractivity contribution in [3.63, 3.8) is 0 Å². The number of rotatable bonds is 6. The number of anilines is 1. The minimum Gasteiger partial charge on any atom is -0.456 e. The van der Waals surface area contributed by atoms with Gasteiger partial charge in [0.25, 0.3) is 5.91 Å². The van der Waals surface area contributed by atoms with Crippen LogP contribution in [0, 0.1) is 11.6 Å². The van der Waals surface area contributed by atoms with Gasteiger partial charge in [0.15, 0.2) is 18.2 Å². The van der Waals surface area contributed by atoms with Gasteiger partial charge >= 0.3 is 5.97 Å². The molecule has 0 atom stereocenters. The molecule has 23 heavy (non-hydrogen) atoms. The Bertz CT molecular complexity index is 689. The van der Waals surface area contributed by atoms with Crippen LogP contribution in [0.1, 0.15) is 12.0 Å². The van der Waals surface area contributed by atoms with E-state index in [0.29, 0.717) is 6.42 Å². The average Bonchev–Trinajstić information content (AvgIpc) is 2.55. The summed E-state index contributed by atoms with van der Waals surface area (Å²) in [6, 6.07) is 12.4. The third-order valence-corrected chi connectivity index (χ3v) is 3.03. The van der Waals surface area contributed by atoms with Crippen LogP contribution < -0.4 is 5.32 Å². The molecule has 0 fully saturated rings. The standard InChI is InChI=1S/C17H15F2NO3/c18-14-8-7-13(10-15(14)19)20-16(21)11-23-17(22)9-6-12-4-2-1-3-5-12/h1-5,7-8,10H,6,9,11H2,(H,20,21). The fourth-order valence-corrected chi connectivity index (χ4v) is 1.88. The molecule has 0 radical (unpaired) electrons. The van der Waals surface area contributed by atoms with Crippen LogP contribution in [0.4, 0.5) is 14.5 Å². The number of hydrogen-bond donors (Lipinski definition) is 1. The Hall–Kier alpha value is -2.76. The number of nitrogens with one attached hydrogen (secondary N) is 1. The zero-order chi connectivity index (χ0) is 16.7. The monoisotopic (exact) mass is 319 g/mol. The minimum atomic E-state index is -1.07. The molecule has 0 bridgehead atoms. The number of carbonyl (C=O) groups is 2. The maximum atomic E-state index is 13.0. The highest BCUT2D eigenvalue weighted by Gasteiger charge is 2.09. The van der Waals surface area contributed by atoms with E-state index in [4.69, 9.17) is 4.74 Å². The topological polar surface area (TPSA) is 55.4 Å². The molecule has 0 aliphatic rings. The number of benzene rings is 2. The first-order chi connectivity index (χ1) is 11.0. The van der Waals surface area contributed by atoms with Crippen molar-refractivity contribution in [2.45, 2.75) is 12.8 Å². The lowest BCUT2D eigenvalue weighted by atomic mass is 10.1. The van der Waals surface area contributed by atoms with Crippen LogP contribution in [-0.2, 0) is 20.7 Å². The van der Waals surface area contributed by atoms with E-state index in [2.05, 4.69) is 5.32 Å². The second-order valence-corrected chi connectivity index (χ2v) is 4.82. The third kappa shape index (κ3) is 5.50. The zero-order valence-electron chi connectivity index (χ0n) is 12.2. The largest absolute Gasteiger partial charge is 0.456 e. The highest BCUT2D eigenvalue weighted by Crippen LogP contribution is 2.13. The Balaban J connectivity index is 1.73. The molecule has 0 heterocycles. The van der Waals surface area contributed by atoms with Gasteiger partial charge in [0.2, 0.25) is 0 Å². The second kappa shape index (κ2) is 8.03. The molecule has 2 aromatic carbocycles. The Morgan fingerprint density at radius 3 is 2.43 bits per heavy atom. The molecule has 0 aliphatic carbocycles. The molecule has 2 rings (SSSR count). The Kier molecular flexibility index (Phi) is 5.80. The summed E-state index contributed by atoms with van der Waals surface area (Å²) in [5, 5.41) is 2.32. The van der Waals surface area contributed by atoms with Crippen LogP contribution >= 0.6 is 0 Å². The number of esters is 1. The van der Waals surface area contributed by atoms with Crippen molar-refractivity contribution in [1.82, 2.24) is 0 Å². The smallest absolute Gasteiger partial charge is 0.306 e. The summed E-state index contributed by atoms with van der Waals surface area (Å²) >= 11 is 0.